The molecule has 1 amide bonds. The summed E-state index contributed by atoms with van der Waals surface area (Å²) in [4.78, 5) is 12.3. The highest BCUT2D eigenvalue weighted by Crippen LogP contribution is 2.26. The molecule has 2 aromatic rings. The number of ether oxygens (including phenoxy) is 2. The van der Waals surface area contributed by atoms with E-state index in [9.17, 15) is 4.79 Å². The van der Waals surface area contributed by atoms with Crippen molar-refractivity contribution in [3.63, 3.8) is 0 Å². The van der Waals surface area contributed by atoms with Crippen LogP contribution in [-0.4, -0.2) is 23.4 Å². The van der Waals surface area contributed by atoms with Gasteiger partial charge in [0.25, 0.3) is 5.91 Å². The van der Waals surface area contributed by atoms with Gasteiger partial charge in [0.15, 0.2) is 0 Å². The second-order valence-corrected chi connectivity index (χ2v) is 9.46. The van der Waals surface area contributed by atoms with Gasteiger partial charge in [-0.15, -0.1) is 0 Å². The Morgan fingerprint density at radius 3 is 2.00 bits per heavy atom. The van der Waals surface area contributed by atoms with Crippen molar-refractivity contribution in [2.45, 2.75) is 32.6 Å². The van der Waals surface area contributed by atoms with E-state index in [1.807, 2.05) is 42.5 Å². The lowest BCUT2D eigenvalue weighted by Gasteiger charge is -2.19. The predicted molar refractivity (Wildman–Crippen MR) is 123 cm³/mol. The minimum Gasteiger partial charge on any atom is -0.493 e. The number of amides is 1. The van der Waals surface area contributed by atoms with Crippen molar-refractivity contribution in [2.75, 3.05) is 13.2 Å². The van der Waals surface area contributed by atoms with E-state index >= 15 is 0 Å². The lowest BCUT2D eigenvalue weighted by atomic mass is 9.87. The maximum atomic E-state index is 11.7. The molecule has 1 saturated heterocycles. The first-order chi connectivity index (χ1) is 13.8. The summed E-state index contributed by atoms with van der Waals surface area (Å²) in [5.74, 6) is 1.53. The zero-order valence-electron chi connectivity index (χ0n) is 16.9. The molecule has 4 nitrogen and oxygen atoms in total. The molecule has 6 heteroatoms. The van der Waals surface area contributed by atoms with Crippen LogP contribution in [0.5, 0.6) is 11.5 Å². The van der Waals surface area contributed by atoms with Crippen molar-refractivity contribution in [3.8, 4) is 11.5 Å². The number of hydrogen-bond acceptors (Lipinski definition) is 5. The Balaban J connectivity index is 1.40. The van der Waals surface area contributed by atoms with E-state index in [1.165, 1.54) is 17.3 Å². The molecule has 2 aromatic carbocycles. The number of hydrogen-bond donors (Lipinski definition) is 1. The Kier molecular flexibility index (Phi) is 6.98. The minimum absolute atomic E-state index is 0.145. The standard InChI is InChI=1S/C23H25NO3S2/c1-23(2,3)17-7-11-19(12-8-17)27-14-4-13-26-18-9-5-16(6-10-18)15-20-21(25)24-22(28)29-20/h5-12,15H,4,13-14H2,1-3H3,(H,24,25,28). The molecule has 29 heavy (non-hydrogen) atoms. The third kappa shape index (κ3) is 6.34. The zero-order valence-corrected chi connectivity index (χ0v) is 18.5. The number of benzene rings is 2. The highest BCUT2D eigenvalue weighted by atomic mass is 32.2. The molecule has 0 radical (unpaired) electrons. The molecule has 1 aliphatic heterocycles. The molecule has 1 fully saturated rings. The molecule has 0 aromatic heterocycles. The topological polar surface area (TPSA) is 47.6 Å². The lowest BCUT2D eigenvalue weighted by Crippen LogP contribution is -2.17. The Bertz CT molecular complexity index is 897. The maximum absolute atomic E-state index is 11.7. The number of thiocarbonyl (C=S) groups is 1. The number of rotatable bonds is 7. The van der Waals surface area contributed by atoms with Crippen molar-refractivity contribution in [1.29, 1.82) is 0 Å². The monoisotopic (exact) mass is 427 g/mol. The number of carbonyl (C=O) groups excluding carboxylic acids is 1. The Labute approximate surface area is 181 Å². The van der Waals surface area contributed by atoms with Gasteiger partial charge in [-0.25, -0.2) is 0 Å². The van der Waals surface area contributed by atoms with Crippen LogP contribution < -0.4 is 14.8 Å². The van der Waals surface area contributed by atoms with E-state index in [0.717, 1.165) is 23.5 Å². The molecule has 0 unspecified atom stereocenters. The highest BCUT2D eigenvalue weighted by molar-refractivity contribution is 8.26. The van der Waals surface area contributed by atoms with Crippen LogP contribution >= 0.6 is 24.0 Å². The largest absolute Gasteiger partial charge is 0.493 e. The van der Waals surface area contributed by atoms with Gasteiger partial charge in [-0.05, 0) is 46.9 Å². The Hall–Kier alpha value is -2.31. The summed E-state index contributed by atoms with van der Waals surface area (Å²) in [7, 11) is 0. The van der Waals surface area contributed by atoms with Crippen molar-refractivity contribution < 1.29 is 14.3 Å². The van der Waals surface area contributed by atoms with Crippen molar-refractivity contribution >= 4 is 40.3 Å². The summed E-state index contributed by atoms with van der Waals surface area (Å²) < 4.78 is 12.0. The first-order valence-electron chi connectivity index (χ1n) is 9.52. The van der Waals surface area contributed by atoms with Gasteiger partial charge in [0.05, 0.1) is 18.1 Å². The zero-order chi connectivity index (χ0) is 20.9. The molecular weight excluding hydrogens is 402 g/mol. The van der Waals surface area contributed by atoms with E-state index < -0.39 is 0 Å². The summed E-state index contributed by atoms with van der Waals surface area (Å²) in [6, 6.07) is 15.9. The van der Waals surface area contributed by atoms with Gasteiger partial charge in [-0.2, -0.15) is 0 Å². The third-order valence-corrected chi connectivity index (χ3v) is 5.53. The van der Waals surface area contributed by atoms with Crippen molar-refractivity contribution in [3.05, 3.63) is 64.6 Å². The van der Waals surface area contributed by atoms with Crippen LogP contribution in [0.2, 0.25) is 0 Å². The number of carbonyl (C=O) groups is 1. The summed E-state index contributed by atoms with van der Waals surface area (Å²) in [6.45, 7) is 7.77. The quantitative estimate of drug-likeness (QED) is 0.368. The van der Waals surface area contributed by atoms with Gasteiger partial charge < -0.3 is 14.8 Å². The SMILES string of the molecule is CC(C)(C)c1ccc(OCCCOc2ccc(C=C3SC(=S)NC3=O)cc2)cc1. The molecule has 1 aliphatic rings. The molecule has 1 heterocycles. The summed E-state index contributed by atoms with van der Waals surface area (Å²) in [6.07, 6.45) is 2.61. The molecule has 0 bridgehead atoms. The fourth-order valence-corrected chi connectivity index (χ4v) is 3.77. The Morgan fingerprint density at radius 1 is 0.966 bits per heavy atom. The second kappa shape index (κ2) is 9.46. The molecule has 0 saturated carbocycles. The molecule has 0 aliphatic carbocycles. The average molecular weight is 428 g/mol. The van der Waals surface area contributed by atoms with Crippen LogP contribution in [0.15, 0.2) is 53.4 Å². The van der Waals surface area contributed by atoms with Gasteiger partial charge in [0, 0.05) is 6.42 Å². The first kappa shape index (κ1) is 21.4. The fraction of sp³-hybridized carbons (Fsp3) is 0.304. The minimum atomic E-state index is -0.145. The van der Waals surface area contributed by atoms with Gasteiger partial charge in [-0.3, -0.25) is 4.79 Å². The fourth-order valence-electron chi connectivity index (χ4n) is 2.72. The van der Waals surface area contributed by atoms with E-state index in [-0.39, 0.29) is 11.3 Å². The summed E-state index contributed by atoms with van der Waals surface area (Å²) in [5, 5.41) is 2.61. The molecule has 3 rings (SSSR count). The van der Waals surface area contributed by atoms with E-state index in [4.69, 9.17) is 21.7 Å². The van der Waals surface area contributed by atoms with Gasteiger partial charge >= 0.3 is 0 Å². The van der Waals surface area contributed by atoms with E-state index in [0.29, 0.717) is 22.4 Å². The number of nitrogens with one attached hydrogen (secondary N) is 1. The third-order valence-electron chi connectivity index (χ3n) is 4.37. The van der Waals surface area contributed by atoms with Crippen LogP contribution in [0.25, 0.3) is 6.08 Å². The van der Waals surface area contributed by atoms with Crippen LogP contribution in [0, 0.1) is 0 Å². The Morgan fingerprint density at radius 2 is 1.52 bits per heavy atom. The average Bonchev–Trinajstić information content (AvgIpc) is 2.99. The van der Waals surface area contributed by atoms with E-state index in [1.54, 1.807) is 0 Å². The highest BCUT2D eigenvalue weighted by Gasteiger charge is 2.21. The van der Waals surface area contributed by atoms with Crippen LogP contribution in [0.1, 0.15) is 38.3 Å². The summed E-state index contributed by atoms with van der Waals surface area (Å²) in [5.41, 5.74) is 2.37. The molecule has 1 N–H and O–H groups in total. The first-order valence-corrected chi connectivity index (χ1v) is 10.7. The van der Waals surface area contributed by atoms with Gasteiger partial charge in [0.2, 0.25) is 0 Å². The predicted octanol–water partition coefficient (Wildman–Crippen LogP) is 5.32. The van der Waals surface area contributed by atoms with Crippen molar-refractivity contribution in [1.82, 2.24) is 5.32 Å². The second-order valence-electron chi connectivity index (χ2n) is 7.75. The smallest absolute Gasteiger partial charge is 0.263 e. The maximum Gasteiger partial charge on any atom is 0.263 e. The van der Waals surface area contributed by atoms with Crippen molar-refractivity contribution in [2.24, 2.45) is 0 Å². The number of thioether (sulfide) groups is 1. The molecular formula is C23H25NO3S2. The lowest BCUT2D eigenvalue weighted by molar-refractivity contribution is -0.115. The molecule has 0 spiro atoms. The van der Waals surface area contributed by atoms with E-state index in [2.05, 4.69) is 38.2 Å². The molecule has 0 atom stereocenters. The van der Waals surface area contributed by atoms with Crippen LogP contribution in [0.4, 0.5) is 0 Å². The summed E-state index contributed by atoms with van der Waals surface area (Å²) >= 11 is 6.27. The molecule has 152 valence electrons. The van der Waals surface area contributed by atoms with Crippen LogP contribution in [-0.2, 0) is 10.2 Å². The van der Waals surface area contributed by atoms with Gasteiger partial charge in [0.1, 0.15) is 15.8 Å². The van der Waals surface area contributed by atoms with Gasteiger partial charge in [-0.1, -0.05) is 69.0 Å². The van der Waals surface area contributed by atoms with Crippen LogP contribution in [0.3, 0.4) is 0 Å². The normalized spacial score (nSPS) is 15.5.